The molecule has 0 spiro atoms. The van der Waals surface area contributed by atoms with Crippen molar-refractivity contribution in [2.75, 3.05) is 0 Å². The number of nitrogens with zero attached hydrogens (tertiary/aromatic N) is 3. The Morgan fingerprint density at radius 2 is 1.75 bits per heavy atom. The van der Waals surface area contributed by atoms with Crippen LogP contribution in [0.2, 0.25) is 10.0 Å². The minimum atomic E-state index is -0.388. The maximum atomic E-state index is 14.0. The summed E-state index contributed by atoms with van der Waals surface area (Å²) in [6.45, 7) is -0.0465. The van der Waals surface area contributed by atoms with E-state index in [1.165, 1.54) is 17.0 Å². The molecule has 2 aromatic heterocycles. The van der Waals surface area contributed by atoms with Gasteiger partial charge < -0.3 is 9.15 Å². The zero-order valence-corrected chi connectivity index (χ0v) is 23.5. The zero-order valence-electron chi connectivity index (χ0n) is 20.4. The second kappa shape index (κ2) is 10.9. The van der Waals surface area contributed by atoms with Crippen LogP contribution in [0.15, 0.2) is 104 Å². The minimum Gasteiger partial charge on any atom is -0.486 e. The third-order valence-electron chi connectivity index (χ3n) is 6.13. The normalized spacial score (nSPS) is 11.6. The van der Waals surface area contributed by atoms with Crippen molar-refractivity contribution >= 4 is 67.2 Å². The Hall–Kier alpha value is -3.98. The number of fused-ring (bicyclic) bond motifs is 2. The Bertz CT molecular complexity index is 1980. The molecule has 0 bridgehead atoms. The van der Waals surface area contributed by atoms with Gasteiger partial charge in [-0.25, -0.2) is 9.37 Å². The summed E-state index contributed by atoms with van der Waals surface area (Å²) in [5, 5.41) is 6.10. The number of benzene rings is 4. The summed E-state index contributed by atoms with van der Waals surface area (Å²) in [7, 11) is 0. The smallest absolute Gasteiger partial charge is 0.282 e. The molecule has 0 atom stereocenters. The molecule has 6 nitrogen and oxygen atoms in total. The van der Waals surface area contributed by atoms with Crippen LogP contribution >= 0.6 is 39.1 Å². The van der Waals surface area contributed by atoms with Crippen LogP contribution in [0.3, 0.4) is 0 Å². The van der Waals surface area contributed by atoms with E-state index in [0.29, 0.717) is 33.4 Å². The first-order valence-corrected chi connectivity index (χ1v) is 13.5. The van der Waals surface area contributed by atoms with Gasteiger partial charge in [0, 0.05) is 15.4 Å². The maximum Gasteiger partial charge on any atom is 0.282 e. The standard InChI is InChI=1S/C30H17BrCl2FN3O3/c31-20-9-10-26-19(13-20)14-27(40-26)29-36-25-8-4-2-6-21(25)30(38)37(29)35-15-17-11-22(32)28(23(33)12-17)39-16-18-5-1-3-7-24(18)34/h1-15H,16H2. The molecule has 0 fully saturated rings. The average molecular weight is 637 g/mol. The highest BCUT2D eigenvalue weighted by Crippen LogP contribution is 2.35. The van der Waals surface area contributed by atoms with E-state index in [2.05, 4.69) is 26.0 Å². The fourth-order valence-electron chi connectivity index (χ4n) is 4.20. The monoisotopic (exact) mass is 635 g/mol. The summed E-state index contributed by atoms with van der Waals surface area (Å²) in [6, 6.07) is 23.9. The van der Waals surface area contributed by atoms with E-state index in [1.807, 2.05) is 24.3 Å². The lowest BCUT2D eigenvalue weighted by molar-refractivity contribution is 0.300. The van der Waals surface area contributed by atoms with Gasteiger partial charge in [-0.1, -0.05) is 69.5 Å². The van der Waals surface area contributed by atoms with Crippen molar-refractivity contribution < 1.29 is 13.5 Å². The highest BCUT2D eigenvalue weighted by atomic mass is 79.9. The fraction of sp³-hybridized carbons (Fsp3) is 0.0333. The number of para-hydroxylation sites is 1. The van der Waals surface area contributed by atoms with Gasteiger partial charge in [-0.3, -0.25) is 4.79 Å². The summed E-state index contributed by atoms with van der Waals surface area (Å²) in [4.78, 5) is 18.2. The quantitative estimate of drug-likeness (QED) is 0.172. The van der Waals surface area contributed by atoms with E-state index in [1.54, 1.807) is 54.6 Å². The first kappa shape index (κ1) is 26.3. The Morgan fingerprint density at radius 1 is 1.00 bits per heavy atom. The zero-order chi connectivity index (χ0) is 27.8. The van der Waals surface area contributed by atoms with Crippen molar-refractivity contribution in [2.24, 2.45) is 5.10 Å². The summed E-state index contributed by atoms with van der Waals surface area (Å²) in [5.41, 5.74) is 1.65. The van der Waals surface area contributed by atoms with E-state index >= 15 is 0 Å². The van der Waals surface area contributed by atoms with Crippen molar-refractivity contribution in [1.29, 1.82) is 0 Å². The topological polar surface area (TPSA) is 69.6 Å². The second-order valence-corrected chi connectivity index (χ2v) is 10.5. The van der Waals surface area contributed by atoms with Crippen molar-refractivity contribution in [1.82, 2.24) is 9.66 Å². The van der Waals surface area contributed by atoms with Gasteiger partial charge >= 0.3 is 0 Å². The van der Waals surface area contributed by atoms with Gasteiger partial charge in [0.1, 0.15) is 18.0 Å². The maximum absolute atomic E-state index is 14.0. The van der Waals surface area contributed by atoms with Crippen molar-refractivity contribution in [3.05, 3.63) is 127 Å². The van der Waals surface area contributed by atoms with Gasteiger partial charge in [0.25, 0.3) is 5.56 Å². The van der Waals surface area contributed by atoms with Crippen LogP contribution in [0, 0.1) is 5.82 Å². The minimum absolute atomic E-state index is 0.0465. The lowest BCUT2D eigenvalue weighted by atomic mass is 10.2. The van der Waals surface area contributed by atoms with Crippen LogP contribution in [0.4, 0.5) is 4.39 Å². The van der Waals surface area contributed by atoms with Crippen LogP contribution in [-0.4, -0.2) is 15.9 Å². The lowest BCUT2D eigenvalue weighted by Crippen LogP contribution is -2.20. The number of furan rings is 1. The highest BCUT2D eigenvalue weighted by molar-refractivity contribution is 9.10. The Labute approximate surface area is 245 Å². The van der Waals surface area contributed by atoms with Crippen LogP contribution in [0.1, 0.15) is 11.1 Å². The summed E-state index contributed by atoms with van der Waals surface area (Å²) < 4.78 is 27.8. The average Bonchev–Trinajstić information content (AvgIpc) is 3.36. The van der Waals surface area contributed by atoms with E-state index in [0.717, 1.165) is 9.86 Å². The molecule has 0 unspecified atom stereocenters. The van der Waals surface area contributed by atoms with Crippen LogP contribution in [-0.2, 0) is 6.61 Å². The molecule has 2 heterocycles. The summed E-state index contributed by atoms with van der Waals surface area (Å²) >= 11 is 16.4. The van der Waals surface area contributed by atoms with Gasteiger partial charge in [0.05, 0.1) is 27.2 Å². The number of hydrogen-bond donors (Lipinski definition) is 0. The summed E-state index contributed by atoms with van der Waals surface area (Å²) in [5.74, 6) is 0.429. The molecule has 0 saturated heterocycles. The molecular weight excluding hydrogens is 620 g/mol. The lowest BCUT2D eigenvalue weighted by Gasteiger charge is -2.11. The van der Waals surface area contributed by atoms with Gasteiger partial charge in [0.2, 0.25) is 5.82 Å². The molecule has 198 valence electrons. The van der Waals surface area contributed by atoms with Crippen LogP contribution in [0.25, 0.3) is 33.5 Å². The molecule has 0 amide bonds. The molecule has 6 aromatic rings. The van der Waals surface area contributed by atoms with Gasteiger partial charge in [-0.05, 0) is 60.2 Å². The highest BCUT2D eigenvalue weighted by Gasteiger charge is 2.17. The molecule has 10 heteroatoms. The molecule has 0 saturated carbocycles. The third kappa shape index (κ3) is 5.13. The predicted octanol–water partition coefficient (Wildman–Crippen LogP) is 8.48. The molecule has 40 heavy (non-hydrogen) atoms. The Kier molecular flexibility index (Phi) is 7.14. The molecule has 0 radical (unpaired) electrons. The van der Waals surface area contributed by atoms with Crippen LogP contribution < -0.4 is 10.3 Å². The first-order valence-electron chi connectivity index (χ1n) is 12.0. The Morgan fingerprint density at radius 3 is 2.55 bits per heavy atom. The van der Waals surface area contributed by atoms with Gasteiger partial charge in [-0.15, -0.1) is 0 Å². The number of halogens is 4. The second-order valence-electron chi connectivity index (χ2n) is 8.80. The molecule has 0 aliphatic rings. The number of ether oxygens (including phenoxy) is 1. The third-order valence-corrected chi connectivity index (χ3v) is 7.18. The Balaban J connectivity index is 1.39. The molecule has 0 aliphatic heterocycles. The molecule has 0 N–H and O–H groups in total. The fourth-order valence-corrected chi connectivity index (χ4v) is 5.19. The first-order chi connectivity index (χ1) is 19.4. The predicted molar refractivity (Wildman–Crippen MR) is 159 cm³/mol. The van der Waals surface area contributed by atoms with E-state index in [4.69, 9.17) is 32.4 Å². The molecular formula is C30H17BrCl2FN3O3. The largest absolute Gasteiger partial charge is 0.486 e. The molecule has 4 aromatic carbocycles. The van der Waals surface area contributed by atoms with Crippen molar-refractivity contribution in [2.45, 2.75) is 6.61 Å². The number of hydrogen-bond acceptors (Lipinski definition) is 5. The van der Waals surface area contributed by atoms with Gasteiger partial charge in [0.15, 0.2) is 11.5 Å². The van der Waals surface area contributed by atoms with E-state index < -0.39 is 0 Å². The summed E-state index contributed by atoms with van der Waals surface area (Å²) in [6.07, 6.45) is 1.44. The van der Waals surface area contributed by atoms with Crippen molar-refractivity contribution in [3.8, 4) is 17.3 Å². The van der Waals surface area contributed by atoms with E-state index in [9.17, 15) is 9.18 Å². The molecule has 0 aliphatic carbocycles. The molecule has 6 rings (SSSR count). The number of aromatic nitrogens is 2. The number of rotatable bonds is 6. The van der Waals surface area contributed by atoms with Crippen molar-refractivity contribution in [3.63, 3.8) is 0 Å². The van der Waals surface area contributed by atoms with Gasteiger partial charge in [-0.2, -0.15) is 9.78 Å². The SMILES string of the molecule is O=c1c2ccccc2nc(-c2cc3cc(Br)ccc3o2)n1N=Cc1cc(Cl)c(OCc2ccccc2F)c(Cl)c1. The van der Waals surface area contributed by atoms with Crippen LogP contribution in [0.5, 0.6) is 5.75 Å². The van der Waals surface area contributed by atoms with E-state index in [-0.39, 0.29) is 39.6 Å².